The second-order valence-electron chi connectivity index (χ2n) is 3.71. The van der Waals surface area contributed by atoms with E-state index in [9.17, 15) is 31.0 Å². The maximum Gasteiger partial charge on any atom is 0.217 e. The molecule has 0 rings (SSSR count). The second kappa shape index (κ2) is 7.44. The molecule has 0 aliphatic heterocycles. The Hall–Kier alpha value is -0.340. The number of hydrogen-bond donors (Lipinski definition) is 2. The van der Waals surface area contributed by atoms with Gasteiger partial charge in [0, 0.05) is 19.6 Å². The second-order valence-corrected chi connectivity index (χ2v) is 5.91. The molecule has 0 radical (unpaired) electrons. The van der Waals surface area contributed by atoms with Crippen LogP contribution in [0.5, 0.6) is 0 Å². The molecule has 0 amide bonds. The summed E-state index contributed by atoms with van der Waals surface area (Å²) in [5.41, 5.74) is 0. The molecule has 12 heteroatoms. The van der Waals surface area contributed by atoms with E-state index in [1.165, 1.54) is 14.0 Å². The highest BCUT2D eigenvalue weighted by molar-refractivity contribution is 7.83. The first kappa shape index (κ1) is 18.7. The van der Waals surface area contributed by atoms with Crippen LogP contribution < -0.4 is 4.72 Å². The number of hydrogen-bond acceptors (Lipinski definition) is 9. The van der Waals surface area contributed by atoms with Crippen LogP contribution >= 0.6 is 0 Å². The molecule has 0 fully saturated rings. The third-order valence-electron chi connectivity index (χ3n) is 2.14. The van der Waals surface area contributed by atoms with Crippen molar-refractivity contribution in [1.29, 1.82) is 0 Å². The van der Waals surface area contributed by atoms with E-state index in [4.69, 9.17) is 4.74 Å². The molecule has 10 nitrogen and oxygen atoms in total. The topological polar surface area (TPSA) is 165 Å². The summed E-state index contributed by atoms with van der Waals surface area (Å²) in [5, 5.41) is 9.58. The average molecular weight is 321 g/mol. The van der Waals surface area contributed by atoms with Gasteiger partial charge in [0.05, 0.1) is 18.8 Å². The van der Waals surface area contributed by atoms with Crippen LogP contribution in [-0.4, -0.2) is 63.0 Å². The summed E-state index contributed by atoms with van der Waals surface area (Å²) in [5.74, 6) is 0. The van der Waals surface area contributed by atoms with Crippen molar-refractivity contribution in [3.8, 4) is 0 Å². The average Bonchev–Trinajstić information content (AvgIpc) is 2.19. The fraction of sp³-hybridized carbons (Fsp3) is 1.00. The Morgan fingerprint density at radius 3 is 2.16 bits per heavy atom. The minimum absolute atomic E-state index is 0.240. The minimum atomic E-state index is -4.89. The van der Waals surface area contributed by atoms with Gasteiger partial charge in [-0.1, -0.05) is 0 Å². The van der Waals surface area contributed by atoms with Crippen molar-refractivity contribution in [2.24, 2.45) is 0 Å². The lowest BCUT2D eigenvalue weighted by Crippen LogP contribution is -2.43. The highest BCUT2D eigenvalue weighted by atomic mass is 32.3. The van der Waals surface area contributed by atoms with Gasteiger partial charge in [0.25, 0.3) is 0 Å². The Labute approximate surface area is 111 Å². The standard InChI is InChI=1S/C7H17NO9S2/c1-5(8-18(10,11)12)7(9)3-6(16-2)4-17-19(13,14)15/h5-9H,3-4H2,1-2H3,(H,10,11,12)(H,13,14,15)/p-2/t5?,6?,7-/m1/s1. The predicted molar refractivity (Wildman–Crippen MR) is 59.4 cm³/mol. The molecule has 0 aliphatic carbocycles. The van der Waals surface area contributed by atoms with Crippen molar-refractivity contribution in [3.05, 3.63) is 0 Å². The van der Waals surface area contributed by atoms with Crippen molar-refractivity contribution in [3.63, 3.8) is 0 Å². The molecule has 0 heterocycles. The molecule has 19 heavy (non-hydrogen) atoms. The molecule has 0 aromatic rings. The van der Waals surface area contributed by atoms with E-state index in [2.05, 4.69) is 4.18 Å². The Kier molecular flexibility index (Phi) is 7.31. The summed E-state index contributed by atoms with van der Waals surface area (Å²) in [6.45, 7) is 0.605. The highest BCUT2D eigenvalue weighted by Gasteiger charge is 2.21. The molecule has 0 aliphatic rings. The van der Waals surface area contributed by atoms with Gasteiger partial charge in [-0.25, -0.2) is 21.6 Å². The zero-order valence-corrected chi connectivity index (χ0v) is 11.8. The smallest absolute Gasteiger partial charge is 0.217 e. The van der Waals surface area contributed by atoms with Crippen molar-refractivity contribution in [2.45, 2.75) is 31.6 Å². The van der Waals surface area contributed by atoms with Gasteiger partial charge in [0.2, 0.25) is 10.4 Å². The Balaban J connectivity index is 4.37. The molecule has 0 aromatic carbocycles. The van der Waals surface area contributed by atoms with Gasteiger partial charge in [-0.15, -0.1) is 0 Å². The largest absolute Gasteiger partial charge is 0.735 e. The third-order valence-corrected chi connectivity index (χ3v) is 3.23. The summed E-state index contributed by atoms with van der Waals surface area (Å²) in [6.07, 6.45) is -2.53. The van der Waals surface area contributed by atoms with Gasteiger partial charge in [-0.3, -0.25) is 4.18 Å². The summed E-state index contributed by atoms with van der Waals surface area (Å²) in [4.78, 5) is 0. The Morgan fingerprint density at radius 2 is 1.79 bits per heavy atom. The van der Waals surface area contributed by atoms with E-state index in [0.29, 0.717) is 0 Å². The summed E-state index contributed by atoms with van der Waals surface area (Å²) in [6, 6.07) is -1.11. The lowest BCUT2D eigenvalue weighted by molar-refractivity contribution is 0.00810. The molecule has 0 bridgehead atoms. The van der Waals surface area contributed by atoms with Crippen molar-refractivity contribution in [1.82, 2.24) is 4.72 Å². The van der Waals surface area contributed by atoms with Crippen molar-refractivity contribution >= 4 is 20.7 Å². The van der Waals surface area contributed by atoms with E-state index in [-0.39, 0.29) is 6.42 Å². The molecule has 2 unspecified atom stereocenters. The van der Waals surface area contributed by atoms with Gasteiger partial charge in [-0.05, 0) is 6.92 Å². The predicted octanol–water partition coefficient (Wildman–Crippen LogP) is -2.33. The number of methoxy groups -OCH3 is 1. The monoisotopic (exact) mass is 321 g/mol. The lowest BCUT2D eigenvalue weighted by Gasteiger charge is -2.25. The first-order valence-corrected chi connectivity index (χ1v) is 7.73. The van der Waals surface area contributed by atoms with Gasteiger partial charge >= 0.3 is 0 Å². The minimum Gasteiger partial charge on any atom is -0.735 e. The molecule has 0 aromatic heterocycles. The van der Waals surface area contributed by atoms with Crippen LogP contribution in [0.2, 0.25) is 0 Å². The van der Waals surface area contributed by atoms with Crippen LogP contribution in [-0.2, 0) is 29.6 Å². The maximum atomic E-state index is 10.4. The molecule has 116 valence electrons. The fourth-order valence-corrected chi connectivity index (χ4v) is 2.10. The van der Waals surface area contributed by atoms with Gasteiger partial charge < -0.3 is 18.9 Å². The van der Waals surface area contributed by atoms with Crippen molar-refractivity contribution < 1.29 is 40.0 Å². The zero-order valence-electron chi connectivity index (χ0n) is 10.2. The van der Waals surface area contributed by atoms with E-state index >= 15 is 0 Å². The van der Waals surface area contributed by atoms with Crippen LogP contribution in [0.25, 0.3) is 0 Å². The quantitative estimate of drug-likeness (QED) is 0.349. The van der Waals surface area contributed by atoms with Crippen LogP contribution in [0.4, 0.5) is 0 Å². The molecule has 0 saturated heterocycles. The third kappa shape index (κ3) is 10.1. The number of aliphatic hydroxyl groups excluding tert-OH is 1. The van der Waals surface area contributed by atoms with E-state index in [1.54, 1.807) is 4.72 Å². The summed E-state index contributed by atoms with van der Waals surface area (Å²) < 4.78 is 72.2. The van der Waals surface area contributed by atoms with Crippen molar-refractivity contribution in [2.75, 3.05) is 13.7 Å². The van der Waals surface area contributed by atoms with Crippen LogP contribution in [0, 0.1) is 0 Å². The zero-order chi connectivity index (χ0) is 15.3. The molecule has 3 atom stereocenters. The molecule has 0 saturated carbocycles. The normalized spacial score (nSPS) is 17.9. The van der Waals surface area contributed by atoms with E-state index in [0.717, 1.165) is 0 Å². The van der Waals surface area contributed by atoms with Crippen LogP contribution in [0.1, 0.15) is 13.3 Å². The number of rotatable bonds is 9. The first-order valence-electron chi connectivity index (χ1n) is 4.99. The maximum absolute atomic E-state index is 10.4. The Morgan fingerprint density at radius 1 is 1.26 bits per heavy atom. The number of aliphatic hydroxyl groups is 1. The van der Waals surface area contributed by atoms with E-state index in [1.807, 2.05) is 0 Å². The molecule has 2 N–H and O–H groups in total. The molecular formula is C7H15NO9S2-2. The lowest BCUT2D eigenvalue weighted by atomic mass is 10.1. The van der Waals surface area contributed by atoms with Crippen LogP contribution in [0.15, 0.2) is 0 Å². The molecular weight excluding hydrogens is 306 g/mol. The van der Waals surface area contributed by atoms with Gasteiger partial charge in [0.1, 0.15) is 0 Å². The summed E-state index contributed by atoms with van der Waals surface area (Å²) in [7, 11) is -8.43. The van der Waals surface area contributed by atoms with Gasteiger partial charge in [0.15, 0.2) is 10.3 Å². The van der Waals surface area contributed by atoms with Crippen LogP contribution in [0.3, 0.4) is 0 Å². The molecule has 0 spiro atoms. The fourth-order valence-electron chi connectivity index (χ4n) is 1.17. The highest BCUT2D eigenvalue weighted by Crippen LogP contribution is 2.08. The number of nitrogens with one attached hydrogen (secondary N) is 1. The van der Waals surface area contributed by atoms with E-state index < -0.39 is 45.6 Å². The van der Waals surface area contributed by atoms with Gasteiger partial charge in [-0.2, -0.15) is 0 Å². The SMILES string of the molecule is COC(COS(=O)(=O)[O-])C[C@@H](O)C(C)NS(=O)(=O)[O-]. The number of ether oxygens (including phenoxy) is 1. The Bertz CT molecular complexity index is 459. The summed E-state index contributed by atoms with van der Waals surface area (Å²) >= 11 is 0. The first-order chi connectivity index (χ1) is 8.44.